The average molecular weight is 313 g/mol. The second kappa shape index (κ2) is 7.63. The zero-order chi connectivity index (χ0) is 16.0. The number of carboxylic acid groups (broad SMARTS) is 1. The summed E-state index contributed by atoms with van der Waals surface area (Å²) in [6.07, 6.45) is 0. The highest BCUT2D eigenvalue weighted by Gasteiger charge is 2.18. The highest BCUT2D eigenvalue weighted by atomic mass is 32.1. The Morgan fingerprint density at radius 2 is 1.95 bits per heavy atom. The molecular weight excluding hydrogens is 294 g/mol. The molecule has 0 fully saturated rings. The highest BCUT2D eigenvalue weighted by molar-refractivity contribution is 7.14. The van der Waals surface area contributed by atoms with Gasteiger partial charge in [-0.3, -0.25) is 10.1 Å². The fourth-order valence-electron chi connectivity index (χ4n) is 1.43. The number of aromatic carboxylic acids is 1. The van der Waals surface area contributed by atoms with Crippen molar-refractivity contribution in [2.24, 2.45) is 5.92 Å². The normalized spacial score (nSPS) is 11.8. The highest BCUT2D eigenvalue weighted by Crippen LogP contribution is 2.22. The Balaban J connectivity index is 2.51. The van der Waals surface area contributed by atoms with Gasteiger partial charge in [0.25, 0.3) is 0 Å². The van der Waals surface area contributed by atoms with Gasteiger partial charge in [-0.15, -0.1) is 11.3 Å². The predicted octanol–water partition coefficient (Wildman–Crippen LogP) is 1.73. The van der Waals surface area contributed by atoms with E-state index in [0.29, 0.717) is 12.5 Å². The van der Waals surface area contributed by atoms with E-state index in [0.717, 1.165) is 11.3 Å². The Morgan fingerprint density at radius 1 is 1.29 bits per heavy atom. The number of carbonyl (C=O) groups is 3. The minimum atomic E-state index is -1.12. The molecule has 0 saturated carbocycles. The quantitative estimate of drug-likeness (QED) is 0.641. The van der Waals surface area contributed by atoms with Crippen LogP contribution in [-0.2, 0) is 4.79 Å². The molecule has 0 aliphatic heterocycles. The lowest BCUT2D eigenvalue weighted by atomic mass is 10.2. The number of hydrogen-bond acceptors (Lipinski definition) is 4. The molecule has 1 atom stereocenters. The van der Waals surface area contributed by atoms with Crippen molar-refractivity contribution in [1.82, 2.24) is 10.6 Å². The summed E-state index contributed by atoms with van der Waals surface area (Å²) in [6.45, 7) is 6.02. The molecule has 3 amide bonds. The van der Waals surface area contributed by atoms with Crippen LogP contribution in [0.15, 0.2) is 11.4 Å². The molecule has 0 aliphatic carbocycles. The number of rotatable bonds is 6. The maximum Gasteiger partial charge on any atom is 0.338 e. The van der Waals surface area contributed by atoms with E-state index in [4.69, 9.17) is 5.11 Å². The fraction of sp³-hybridized carbons (Fsp3) is 0.462. The zero-order valence-corrected chi connectivity index (χ0v) is 12.9. The van der Waals surface area contributed by atoms with Gasteiger partial charge >= 0.3 is 12.0 Å². The molecule has 7 nitrogen and oxygen atoms in total. The molecular formula is C13H19N3O4S. The van der Waals surface area contributed by atoms with Crippen molar-refractivity contribution in [2.75, 3.05) is 11.9 Å². The molecule has 0 spiro atoms. The lowest BCUT2D eigenvalue weighted by Gasteiger charge is -2.15. The van der Waals surface area contributed by atoms with Gasteiger partial charge in [0.05, 0.1) is 5.56 Å². The van der Waals surface area contributed by atoms with Crippen LogP contribution in [0.1, 0.15) is 31.1 Å². The van der Waals surface area contributed by atoms with E-state index in [1.54, 1.807) is 12.3 Å². The first-order valence-electron chi connectivity index (χ1n) is 6.47. The topological polar surface area (TPSA) is 108 Å². The van der Waals surface area contributed by atoms with E-state index in [1.165, 1.54) is 6.07 Å². The Labute approximate surface area is 126 Å². The van der Waals surface area contributed by atoms with Crippen LogP contribution >= 0.6 is 11.3 Å². The number of amides is 3. The van der Waals surface area contributed by atoms with Crippen LogP contribution in [0, 0.1) is 5.92 Å². The van der Waals surface area contributed by atoms with Crippen LogP contribution in [0.2, 0.25) is 0 Å². The largest absolute Gasteiger partial charge is 0.478 e. The second-order valence-corrected chi connectivity index (χ2v) is 5.84. The van der Waals surface area contributed by atoms with Gasteiger partial charge in [-0.25, -0.2) is 9.59 Å². The summed E-state index contributed by atoms with van der Waals surface area (Å²) in [6, 6.07) is 0.0747. The van der Waals surface area contributed by atoms with Crippen LogP contribution in [0.4, 0.5) is 9.80 Å². The molecule has 0 aliphatic rings. The third kappa shape index (κ3) is 5.42. The number of thiophene rings is 1. The predicted molar refractivity (Wildman–Crippen MR) is 80.7 cm³/mol. The van der Waals surface area contributed by atoms with E-state index >= 15 is 0 Å². The van der Waals surface area contributed by atoms with Crippen molar-refractivity contribution in [1.29, 1.82) is 0 Å². The van der Waals surface area contributed by atoms with Gasteiger partial charge in [0.1, 0.15) is 11.0 Å². The lowest BCUT2D eigenvalue weighted by molar-refractivity contribution is -0.122. The molecule has 116 valence electrons. The molecule has 4 N–H and O–H groups in total. The fourth-order valence-corrected chi connectivity index (χ4v) is 2.21. The summed E-state index contributed by atoms with van der Waals surface area (Å²) in [4.78, 5) is 34.4. The second-order valence-electron chi connectivity index (χ2n) is 4.93. The minimum Gasteiger partial charge on any atom is -0.478 e. The summed E-state index contributed by atoms with van der Waals surface area (Å²) < 4.78 is 0. The Morgan fingerprint density at radius 3 is 2.52 bits per heavy atom. The van der Waals surface area contributed by atoms with Crippen molar-refractivity contribution < 1.29 is 19.5 Å². The Hall–Kier alpha value is -2.09. The number of carboxylic acids is 1. The molecule has 0 radical (unpaired) electrons. The number of carbonyl (C=O) groups excluding carboxylic acids is 2. The van der Waals surface area contributed by atoms with Crippen LogP contribution in [-0.4, -0.2) is 35.6 Å². The van der Waals surface area contributed by atoms with Crippen LogP contribution in [0.3, 0.4) is 0 Å². The standard InChI is InChI=1S/C13H19N3O4S/c1-7(2)6-14-10(17)8(3)15-13(20)16-11-9(12(18)19)4-5-21-11/h4-5,7-8H,6H2,1-3H3,(H,14,17)(H,18,19)(H2,15,16,20). The van der Waals surface area contributed by atoms with Crippen molar-refractivity contribution in [3.05, 3.63) is 17.0 Å². The van der Waals surface area contributed by atoms with E-state index in [2.05, 4.69) is 16.0 Å². The van der Waals surface area contributed by atoms with Crippen molar-refractivity contribution in [3.63, 3.8) is 0 Å². The smallest absolute Gasteiger partial charge is 0.338 e. The van der Waals surface area contributed by atoms with Gasteiger partial charge < -0.3 is 15.7 Å². The third-order valence-corrected chi connectivity index (χ3v) is 3.38. The molecule has 0 aromatic carbocycles. The number of nitrogens with one attached hydrogen (secondary N) is 3. The molecule has 0 saturated heterocycles. The van der Waals surface area contributed by atoms with Crippen molar-refractivity contribution in [3.8, 4) is 0 Å². The lowest BCUT2D eigenvalue weighted by Crippen LogP contribution is -2.47. The van der Waals surface area contributed by atoms with Gasteiger partial charge in [-0.2, -0.15) is 0 Å². The van der Waals surface area contributed by atoms with Crippen LogP contribution in [0.5, 0.6) is 0 Å². The number of urea groups is 1. The first-order chi connectivity index (χ1) is 9.81. The average Bonchev–Trinajstić information content (AvgIpc) is 2.83. The first kappa shape index (κ1) is 17.0. The van der Waals surface area contributed by atoms with Gasteiger partial charge in [0, 0.05) is 6.54 Å². The van der Waals surface area contributed by atoms with E-state index < -0.39 is 18.0 Å². The van der Waals surface area contributed by atoms with Gasteiger partial charge in [-0.1, -0.05) is 13.8 Å². The molecule has 1 aromatic rings. The monoisotopic (exact) mass is 313 g/mol. The van der Waals surface area contributed by atoms with Crippen LogP contribution in [0.25, 0.3) is 0 Å². The SMILES string of the molecule is CC(C)CNC(=O)C(C)NC(=O)Nc1sccc1C(=O)O. The summed E-state index contributed by atoms with van der Waals surface area (Å²) in [5.41, 5.74) is 0.0204. The summed E-state index contributed by atoms with van der Waals surface area (Å²) in [5.74, 6) is -1.09. The van der Waals surface area contributed by atoms with E-state index in [-0.39, 0.29) is 16.5 Å². The summed E-state index contributed by atoms with van der Waals surface area (Å²) in [7, 11) is 0. The van der Waals surface area contributed by atoms with E-state index in [1.807, 2.05) is 13.8 Å². The summed E-state index contributed by atoms with van der Waals surface area (Å²) in [5, 5.41) is 18.3. The molecule has 1 unspecified atom stereocenters. The minimum absolute atomic E-state index is 0.0204. The van der Waals surface area contributed by atoms with E-state index in [9.17, 15) is 14.4 Å². The van der Waals surface area contributed by atoms with Gasteiger partial charge in [0.2, 0.25) is 5.91 Å². The molecule has 1 aromatic heterocycles. The van der Waals surface area contributed by atoms with Gasteiger partial charge in [0.15, 0.2) is 0 Å². The van der Waals surface area contributed by atoms with Crippen molar-refractivity contribution >= 4 is 34.2 Å². The van der Waals surface area contributed by atoms with Crippen LogP contribution < -0.4 is 16.0 Å². The molecule has 21 heavy (non-hydrogen) atoms. The number of hydrogen-bond donors (Lipinski definition) is 4. The third-order valence-electron chi connectivity index (χ3n) is 2.55. The maximum absolute atomic E-state index is 11.7. The number of anilines is 1. The molecule has 8 heteroatoms. The Kier molecular flexibility index (Phi) is 6.16. The van der Waals surface area contributed by atoms with Gasteiger partial charge in [-0.05, 0) is 24.3 Å². The zero-order valence-electron chi connectivity index (χ0n) is 12.1. The molecule has 1 rings (SSSR count). The summed E-state index contributed by atoms with van der Waals surface area (Å²) >= 11 is 1.10. The first-order valence-corrected chi connectivity index (χ1v) is 7.35. The van der Waals surface area contributed by atoms with Crippen molar-refractivity contribution in [2.45, 2.75) is 26.8 Å². The molecule has 1 heterocycles. The maximum atomic E-state index is 11.7. The Bertz CT molecular complexity index is 527. The molecule has 0 bridgehead atoms.